The molecule has 0 aromatic heterocycles. The number of hydrogen-bond acceptors (Lipinski definition) is 2. The maximum absolute atomic E-state index is 14.7. The van der Waals surface area contributed by atoms with Crippen LogP contribution in [0.3, 0.4) is 0 Å². The van der Waals surface area contributed by atoms with Crippen LogP contribution in [0.15, 0.2) is 49.1 Å². The van der Waals surface area contributed by atoms with Gasteiger partial charge in [0, 0.05) is 5.56 Å². The topological polar surface area (TPSA) is 29.5 Å². The minimum absolute atomic E-state index is 0.0249. The maximum atomic E-state index is 14.7. The van der Waals surface area contributed by atoms with Crippen molar-refractivity contribution in [3.05, 3.63) is 83.2 Å². The van der Waals surface area contributed by atoms with E-state index in [9.17, 15) is 18.3 Å². The van der Waals surface area contributed by atoms with Gasteiger partial charge in [-0.25, -0.2) is 8.78 Å². The summed E-state index contributed by atoms with van der Waals surface area (Å²) in [6.07, 6.45) is 9.99. The van der Waals surface area contributed by atoms with Gasteiger partial charge in [-0.05, 0) is 73.6 Å². The Balaban J connectivity index is 1.58. The van der Waals surface area contributed by atoms with Crippen LogP contribution in [0.5, 0.6) is 5.75 Å². The first-order valence-electron chi connectivity index (χ1n) is 11.8. The minimum Gasteiger partial charge on any atom is -0.490 e. The van der Waals surface area contributed by atoms with Crippen LogP contribution in [-0.2, 0) is 0 Å². The van der Waals surface area contributed by atoms with Crippen molar-refractivity contribution in [1.29, 1.82) is 0 Å². The van der Waals surface area contributed by atoms with E-state index >= 15 is 0 Å². The maximum Gasteiger partial charge on any atom is 0.200 e. The first kappa shape index (κ1) is 25.1. The van der Waals surface area contributed by atoms with Crippen molar-refractivity contribution in [1.82, 2.24) is 0 Å². The Morgan fingerprint density at radius 1 is 1.09 bits per heavy atom. The minimum atomic E-state index is -0.923. The summed E-state index contributed by atoms with van der Waals surface area (Å²) in [5, 5.41) is 10.0. The van der Waals surface area contributed by atoms with E-state index in [1.165, 1.54) is 12.1 Å². The highest BCUT2D eigenvalue weighted by molar-refractivity contribution is 5.50. The monoisotopic (exact) mass is 458 g/mol. The predicted molar refractivity (Wildman–Crippen MR) is 127 cm³/mol. The lowest BCUT2D eigenvalue weighted by molar-refractivity contribution is 0.162. The quantitative estimate of drug-likeness (QED) is 0.290. The highest BCUT2D eigenvalue weighted by Gasteiger charge is 2.26. The van der Waals surface area contributed by atoms with Crippen LogP contribution in [-0.4, -0.2) is 11.7 Å². The number of benzene rings is 2. The second-order valence-corrected chi connectivity index (χ2v) is 8.76. The number of allylic oxidation sites excluding steroid dienone is 1. The highest BCUT2D eigenvalue weighted by atomic mass is 19.2. The molecule has 1 unspecified atom stereocenters. The lowest BCUT2D eigenvalue weighted by atomic mass is 9.78. The van der Waals surface area contributed by atoms with Gasteiger partial charge in [-0.2, -0.15) is 4.39 Å². The summed E-state index contributed by atoms with van der Waals surface area (Å²) in [6, 6.07) is 8.07. The zero-order valence-electron chi connectivity index (χ0n) is 19.2. The van der Waals surface area contributed by atoms with Crippen molar-refractivity contribution in [3.8, 4) is 5.75 Å². The molecule has 0 saturated heterocycles. The average molecular weight is 459 g/mol. The number of halogens is 3. The molecule has 1 atom stereocenters. The van der Waals surface area contributed by atoms with Crippen LogP contribution < -0.4 is 4.74 Å². The molecular weight excluding hydrogens is 425 g/mol. The van der Waals surface area contributed by atoms with E-state index < -0.39 is 23.6 Å². The lowest BCUT2D eigenvalue weighted by Crippen LogP contribution is -2.14. The summed E-state index contributed by atoms with van der Waals surface area (Å²) in [7, 11) is 0. The van der Waals surface area contributed by atoms with E-state index in [4.69, 9.17) is 4.74 Å². The van der Waals surface area contributed by atoms with Crippen LogP contribution >= 0.6 is 0 Å². The largest absolute Gasteiger partial charge is 0.490 e. The van der Waals surface area contributed by atoms with Crippen LogP contribution in [0.25, 0.3) is 6.08 Å². The first-order chi connectivity index (χ1) is 15.9. The van der Waals surface area contributed by atoms with Gasteiger partial charge in [0.05, 0.1) is 12.7 Å². The fourth-order valence-electron chi connectivity index (χ4n) is 4.44. The molecule has 0 spiro atoms. The van der Waals surface area contributed by atoms with E-state index in [-0.39, 0.29) is 18.3 Å². The van der Waals surface area contributed by atoms with Crippen molar-refractivity contribution in [3.63, 3.8) is 0 Å². The van der Waals surface area contributed by atoms with Crippen LogP contribution in [0.2, 0.25) is 0 Å². The van der Waals surface area contributed by atoms with Crippen molar-refractivity contribution in [2.75, 3.05) is 6.61 Å². The van der Waals surface area contributed by atoms with Gasteiger partial charge < -0.3 is 9.84 Å². The third-order valence-corrected chi connectivity index (χ3v) is 6.37. The van der Waals surface area contributed by atoms with Crippen LogP contribution in [0.1, 0.15) is 80.6 Å². The molecule has 178 valence electrons. The third-order valence-electron chi connectivity index (χ3n) is 6.37. The molecule has 33 heavy (non-hydrogen) atoms. The van der Waals surface area contributed by atoms with Gasteiger partial charge in [-0.3, -0.25) is 0 Å². The summed E-state index contributed by atoms with van der Waals surface area (Å²) in [5.41, 5.74) is 1.50. The second-order valence-electron chi connectivity index (χ2n) is 8.76. The van der Waals surface area contributed by atoms with Crippen molar-refractivity contribution in [2.24, 2.45) is 5.92 Å². The average Bonchev–Trinajstić information content (AvgIpc) is 2.81. The second kappa shape index (κ2) is 12.1. The molecule has 0 aliphatic heterocycles. The van der Waals surface area contributed by atoms with Crippen LogP contribution in [0, 0.1) is 23.4 Å². The molecule has 0 bridgehead atoms. The molecular formula is C28H33F3O2. The first-order valence-corrected chi connectivity index (χ1v) is 11.8. The Kier molecular flexibility index (Phi) is 9.19. The molecule has 1 aliphatic rings. The molecule has 2 nitrogen and oxygen atoms in total. The van der Waals surface area contributed by atoms with Gasteiger partial charge in [0.25, 0.3) is 0 Å². The smallest absolute Gasteiger partial charge is 0.200 e. The summed E-state index contributed by atoms with van der Waals surface area (Å²) in [5.74, 6) is -1.90. The van der Waals surface area contributed by atoms with Gasteiger partial charge in [-0.1, -0.05) is 49.8 Å². The van der Waals surface area contributed by atoms with Gasteiger partial charge in [0.1, 0.15) is 5.82 Å². The van der Waals surface area contributed by atoms with Gasteiger partial charge in [-0.15, -0.1) is 6.58 Å². The van der Waals surface area contributed by atoms with E-state index in [1.54, 1.807) is 18.2 Å². The molecule has 0 amide bonds. The third kappa shape index (κ3) is 6.50. The Morgan fingerprint density at radius 3 is 2.52 bits per heavy atom. The molecule has 3 rings (SSSR count). The fourth-order valence-corrected chi connectivity index (χ4v) is 4.44. The van der Waals surface area contributed by atoms with Crippen LogP contribution in [0.4, 0.5) is 13.2 Å². The lowest BCUT2D eigenvalue weighted by Gasteiger charge is -2.27. The fraction of sp³-hybridized carbons (Fsp3) is 0.429. The number of rotatable bonds is 10. The van der Waals surface area contributed by atoms with Gasteiger partial charge >= 0.3 is 0 Å². The molecule has 2 aromatic carbocycles. The SMILES string of the molecule is C=CCCOc1ccc(C2CCC(/C=C/c3ccc(C(O)CCC)c(F)c3)CC2)c(F)c1F. The normalized spacial score (nSPS) is 19.5. The van der Waals surface area contributed by atoms with Gasteiger partial charge in [0.15, 0.2) is 11.6 Å². The molecule has 1 N–H and O–H groups in total. The summed E-state index contributed by atoms with van der Waals surface area (Å²) in [4.78, 5) is 0. The summed E-state index contributed by atoms with van der Waals surface area (Å²) >= 11 is 0. The van der Waals surface area contributed by atoms with Crippen molar-refractivity contribution in [2.45, 2.75) is 63.9 Å². The Morgan fingerprint density at radius 2 is 1.85 bits per heavy atom. The van der Waals surface area contributed by atoms with Gasteiger partial charge in [0.2, 0.25) is 5.82 Å². The summed E-state index contributed by atoms with van der Waals surface area (Å²) < 4.78 is 48.7. The zero-order valence-corrected chi connectivity index (χ0v) is 19.2. The molecule has 1 fully saturated rings. The van der Waals surface area contributed by atoms with Crippen molar-refractivity contribution < 1.29 is 23.0 Å². The molecule has 1 saturated carbocycles. The van der Waals surface area contributed by atoms with E-state index in [0.29, 0.717) is 29.9 Å². The van der Waals surface area contributed by atoms with Crippen molar-refractivity contribution >= 4 is 6.08 Å². The van der Waals surface area contributed by atoms with E-state index in [1.807, 2.05) is 19.1 Å². The zero-order chi connectivity index (χ0) is 23.8. The highest BCUT2D eigenvalue weighted by Crippen LogP contribution is 2.39. The molecule has 5 heteroatoms. The standard InChI is InChI=1S/C28H33F3O2/c1-3-5-17-33-26-16-15-22(27(30)28(26)31)21-12-9-19(10-13-21)7-8-20-11-14-23(24(29)18-20)25(32)6-4-2/h3,7-8,11,14-16,18-19,21,25,32H,1,4-6,9-10,12-13,17H2,2H3/b8-7+. The van der Waals surface area contributed by atoms with E-state index in [2.05, 4.69) is 12.7 Å². The molecule has 0 heterocycles. The number of ether oxygens (including phenoxy) is 1. The number of aliphatic hydroxyl groups excluding tert-OH is 1. The summed E-state index contributed by atoms with van der Waals surface area (Å²) in [6.45, 7) is 5.80. The van der Waals surface area contributed by atoms with E-state index in [0.717, 1.165) is 37.7 Å². The molecule has 1 aliphatic carbocycles. The molecule has 2 aromatic rings. The Labute approximate surface area is 194 Å². The number of hydrogen-bond donors (Lipinski definition) is 1. The molecule has 0 radical (unpaired) electrons. The number of aliphatic hydroxyl groups is 1. The Bertz CT molecular complexity index is 962. The Hall–Kier alpha value is -2.53. The predicted octanol–water partition coefficient (Wildman–Crippen LogP) is 7.88.